The van der Waals surface area contributed by atoms with Gasteiger partial charge in [0, 0.05) is 24.4 Å². The average Bonchev–Trinajstić information content (AvgIpc) is 2.91. The van der Waals surface area contributed by atoms with Gasteiger partial charge in [0.05, 0.1) is 5.52 Å². The van der Waals surface area contributed by atoms with Gasteiger partial charge in [-0.05, 0) is 30.9 Å². The van der Waals surface area contributed by atoms with Crippen LogP contribution in [0.2, 0.25) is 0 Å². The molecule has 0 spiro atoms. The Morgan fingerprint density at radius 2 is 2.18 bits per heavy atom. The number of unbranched alkanes of at least 4 members (excludes halogenated alkanes) is 1. The summed E-state index contributed by atoms with van der Waals surface area (Å²) in [5.74, 6) is 0.462. The lowest BCUT2D eigenvalue weighted by atomic mass is 9.91. The van der Waals surface area contributed by atoms with E-state index in [0.29, 0.717) is 5.58 Å². The molecule has 0 atom stereocenters. The fraction of sp³-hybridized carbons (Fsp3) is 0.500. The van der Waals surface area contributed by atoms with Gasteiger partial charge in [-0.3, -0.25) is 4.98 Å². The van der Waals surface area contributed by atoms with Crippen LogP contribution < -0.4 is 5.76 Å². The first-order chi connectivity index (χ1) is 10.7. The average molecular weight is 300 g/mol. The van der Waals surface area contributed by atoms with Crippen LogP contribution in [-0.4, -0.2) is 23.0 Å². The molecule has 1 aromatic heterocycles. The molecule has 3 rings (SSSR count). The largest absolute Gasteiger partial charge is 0.417 e. The van der Waals surface area contributed by atoms with Crippen molar-refractivity contribution in [2.75, 3.05) is 13.1 Å². The first kappa shape index (κ1) is 14.9. The zero-order chi connectivity index (χ0) is 15.5. The molecule has 1 N–H and O–H groups in total. The number of aromatic amines is 1. The molecule has 1 aliphatic rings. The van der Waals surface area contributed by atoms with Crippen LogP contribution in [0, 0.1) is 5.92 Å². The van der Waals surface area contributed by atoms with E-state index in [1.54, 1.807) is 0 Å². The van der Waals surface area contributed by atoms with E-state index in [1.807, 2.05) is 18.2 Å². The lowest BCUT2D eigenvalue weighted by Gasteiger charge is -2.35. The summed E-state index contributed by atoms with van der Waals surface area (Å²) in [6, 6.07) is 5.78. The summed E-state index contributed by atoms with van der Waals surface area (Å²) in [6.45, 7) is 8.65. The quantitative estimate of drug-likeness (QED) is 0.908. The van der Waals surface area contributed by atoms with E-state index in [2.05, 4.69) is 23.4 Å². The normalized spacial score (nSPS) is 16.3. The van der Waals surface area contributed by atoms with Crippen molar-refractivity contribution in [3.05, 3.63) is 40.9 Å². The van der Waals surface area contributed by atoms with Crippen molar-refractivity contribution in [2.45, 2.75) is 39.0 Å². The lowest BCUT2D eigenvalue weighted by molar-refractivity contribution is 0.243. The van der Waals surface area contributed by atoms with Crippen LogP contribution in [0.4, 0.5) is 0 Å². The Bertz CT molecular complexity index is 705. The number of benzene rings is 1. The highest BCUT2D eigenvalue weighted by Crippen LogP contribution is 2.28. The van der Waals surface area contributed by atoms with Gasteiger partial charge in [-0.2, -0.15) is 0 Å². The molecule has 1 fully saturated rings. The summed E-state index contributed by atoms with van der Waals surface area (Å²) < 4.78 is 5.14. The van der Waals surface area contributed by atoms with E-state index in [4.69, 9.17) is 4.42 Å². The zero-order valence-electron chi connectivity index (χ0n) is 13.2. The van der Waals surface area contributed by atoms with Gasteiger partial charge in [0.2, 0.25) is 0 Å². The number of hydrogen-bond donors (Lipinski definition) is 1. The third kappa shape index (κ3) is 3.11. The maximum Gasteiger partial charge on any atom is 0.417 e. The van der Waals surface area contributed by atoms with Crippen LogP contribution in [0.25, 0.3) is 16.8 Å². The molecule has 2 aromatic rings. The first-order valence-corrected chi connectivity index (χ1v) is 8.24. The SMILES string of the molecule is C=C(c1ccc2[nH]c(=O)oc2c1)N1CCC(CCCC)CC1. The van der Waals surface area contributed by atoms with Gasteiger partial charge in [0.25, 0.3) is 0 Å². The highest BCUT2D eigenvalue weighted by molar-refractivity contribution is 5.78. The number of hydrogen-bond acceptors (Lipinski definition) is 3. The van der Waals surface area contributed by atoms with Crippen LogP contribution in [0.5, 0.6) is 0 Å². The molecular weight excluding hydrogens is 276 g/mol. The molecule has 1 aromatic carbocycles. The van der Waals surface area contributed by atoms with Crippen molar-refractivity contribution in [1.82, 2.24) is 9.88 Å². The van der Waals surface area contributed by atoms with Crippen molar-refractivity contribution in [3.63, 3.8) is 0 Å². The van der Waals surface area contributed by atoms with Gasteiger partial charge in [0.1, 0.15) is 0 Å². The van der Waals surface area contributed by atoms with Crippen molar-refractivity contribution in [1.29, 1.82) is 0 Å². The van der Waals surface area contributed by atoms with E-state index in [1.165, 1.54) is 32.1 Å². The number of likely N-dealkylation sites (tertiary alicyclic amines) is 1. The highest BCUT2D eigenvalue weighted by atomic mass is 16.4. The second-order valence-corrected chi connectivity index (χ2v) is 6.24. The van der Waals surface area contributed by atoms with E-state index in [9.17, 15) is 4.79 Å². The number of aromatic nitrogens is 1. The third-order valence-corrected chi connectivity index (χ3v) is 4.72. The van der Waals surface area contributed by atoms with Crippen LogP contribution in [-0.2, 0) is 0 Å². The molecule has 4 heteroatoms. The van der Waals surface area contributed by atoms with Crippen LogP contribution in [0.3, 0.4) is 0 Å². The maximum absolute atomic E-state index is 11.2. The van der Waals surface area contributed by atoms with Gasteiger partial charge >= 0.3 is 5.76 Å². The summed E-state index contributed by atoms with van der Waals surface area (Å²) in [4.78, 5) is 16.3. The Morgan fingerprint density at radius 1 is 1.41 bits per heavy atom. The second kappa shape index (κ2) is 6.42. The van der Waals surface area contributed by atoms with Crippen molar-refractivity contribution in [2.24, 2.45) is 5.92 Å². The number of piperidine rings is 1. The van der Waals surface area contributed by atoms with Gasteiger partial charge in [-0.1, -0.05) is 38.8 Å². The van der Waals surface area contributed by atoms with Gasteiger partial charge < -0.3 is 9.32 Å². The molecule has 0 saturated carbocycles. The number of fused-ring (bicyclic) bond motifs is 1. The number of oxazole rings is 1. The minimum Gasteiger partial charge on any atom is -0.408 e. The number of nitrogens with zero attached hydrogens (tertiary/aromatic N) is 1. The molecule has 22 heavy (non-hydrogen) atoms. The van der Waals surface area contributed by atoms with Crippen LogP contribution in [0.1, 0.15) is 44.6 Å². The maximum atomic E-state index is 11.2. The highest BCUT2D eigenvalue weighted by Gasteiger charge is 2.20. The van der Waals surface area contributed by atoms with Crippen LogP contribution >= 0.6 is 0 Å². The Balaban J connectivity index is 1.67. The minimum atomic E-state index is -0.408. The summed E-state index contributed by atoms with van der Waals surface area (Å²) in [5, 5.41) is 0. The number of nitrogens with one attached hydrogen (secondary N) is 1. The second-order valence-electron chi connectivity index (χ2n) is 6.24. The Labute approximate surface area is 130 Å². The molecule has 0 amide bonds. The van der Waals surface area contributed by atoms with E-state index >= 15 is 0 Å². The summed E-state index contributed by atoms with van der Waals surface area (Å²) in [7, 11) is 0. The topological polar surface area (TPSA) is 49.2 Å². The number of H-pyrrole nitrogens is 1. The monoisotopic (exact) mass is 300 g/mol. The molecule has 0 bridgehead atoms. The standard InChI is InChI=1S/C18H24N2O2/c1-3-4-5-14-8-10-20(11-9-14)13(2)15-6-7-16-17(12-15)22-18(21)19-16/h6-7,12,14H,2-5,8-11H2,1H3,(H,19,21). The Kier molecular flexibility index (Phi) is 4.36. The van der Waals surface area contributed by atoms with E-state index in [-0.39, 0.29) is 0 Å². The first-order valence-electron chi connectivity index (χ1n) is 8.24. The minimum absolute atomic E-state index is 0.408. The predicted molar refractivity (Wildman–Crippen MR) is 89.7 cm³/mol. The zero-order valence-corrected chi connectivity index (χ0v) is 13.2. The molecule has 118 valence electrons. The Morgan fingerprint density at radius 3 is 2.91 bits per heavy atom. The van der Waals surface area contributed by atoms with Gasteiger partial charge in [-0.15, -0.1) is 0 Å². The van der Waals surface area contributed by atoms with E-state index < -0.39 is 5.76 Å². The molecule has 1 aliphatic heterocycles. The van der Waals surface area contributed by atoms with Crippen molar-refractivity contribution < 1.29 is 4.42 Å². The van der Waals surface area contributed by atoms with E-state index in [0.717, 1.165) is 35.8 Å². The van der Waals surface area contributed by atoms with Crippen LogP contribution in [0.15, 0.2) is 34.0 Å². The smallest absolute Gasteiger partial charge is 0.408 e. The molecule has 1 saturated heterocycles. The molecular formula is C18H24N2O2. The number of rotatable bonds is 5. The predicted octanol–water partition coefficient (Wildman–Crippen LogP) is 3.99. The fourth-order valence-corrected chi connectivity index (χ4v) is 3.29. The summed E-state index contributed by atoms with van der Waals surface area (Å²) in [5.41, 5.74) is 3.39. The van der Waals surface area contributed by atoms with Crippen molar-refractivity contribution in [3.8, 4) is 0 Å². The summed E-state index contributed by atoms with van der Waals surface area (Å²) in [6.07, 6.45) is 6.49. The Hall–Kier alpha value is -1.97. The van der Waals surface area contributed by atoms with Gasteiger partial charge in [0.15, 0.2) is 5.58 Å². The molecule has 4 nitrogen and oxygen atoms in total. The van der Waals surface area contributed by atoms with Gasteiger partial charge in [-0.25, -0.2) is 4.79 Å². The summed E-state index contributed by atoms with van der Waals surface area (Å²) >= 11 is 0. The fourth-order valence-electron chi connectivity index (χ4n) is 3.29. The molecule has 2 heterocycles. The molecule has 0 radical (unpaired) electrons. The third-order valence-electron chi connectivity index (χ3n) is 4.72. The molecule has 0 aliphatic carbocycles. The molecule has 0 unspecified atom stereocenters. The van der Waals surface area contributed by atoms with Crippen molar-refractivity contribution >= 4 is 16.8 Å². The lowest BCUT2D eigenvalue weighted by Crippen LogP contribution is -2.32.